The maximum atomic E-state index is 12.8. The molecular formula is C18H22N5O3+. The third-order valence-electron chi connectivity index (χ3n) is 5.13. The quantitative estimate of drug-likeness (QED) is 0.736. The first-order chi connectivity index (χ1) is 12.4. The highest BCUT2D eigenvalue weighted by molar-refractivity contribution is 6.24. The maximum Gasteiger partial charge on any atom is 0.397 e. The Bertz CT molecular complexity index is 862. The third-order valence-corrected chi connectivity index (χ3v) is 5.13. The van der Waals surface area contributed by atoms with E-state index in [-0.39, 0.29) is 11.9 Å². The van der Waals surface area contributed by atoms with Crippen molar-refractivity contribution in [3.8, 4) is 5.75 Å². The Kier molecular flexibility index (Phi) is 3.71. The van der Waals surface area contributed by atoms with E-state index in [1.807, 2.05) is 28.8 Å². The predicted molar refractivity (Wildman–Crippen MR) is 96.8 cm³/mol. The molecule has 1 fully saturated rings. The normalized spacial score (nSPS) is 25.4. The van der Waals surface area contributed by atoms with Crippen molar-refractivity contribution in [1.29, 1.82) is 0 Å². The predicted octanol–water partition coefficient (Wildman–Crippen LogP) is 0.824. The SMILES string of the molecule is COc1ccccc1N1CC(C)C[N+]2=C1N=C1C2C(=O)N(C)C(=O)N1C. The molecule has 0 saturated carbocycles. The number of hydrogen-bond donors (Lipinski definition) is 0. The first kappa shape index (κ1) is 16.6. The van der Waals surface area contributed by atoms with Crippen molar-refractivity contribution in [3.05, 3.63) is 24.3 Å². The summed E-state index contributed by atoms with van der Waals surface area (Å²) in [6, 6.07) is 6.84. The zero-order valence-corrected chi connectivity index (χ0v) is 15.3. The van der Waals surface area contributed by atoms with E-state index in [1.54, 1.807) is 14.2 Å². The van der Waals surface area contributed by atoms with E-state index in [4.69, 9.17) is 9.73 Å². The van der Waals surface area contributed by atoms with Crippen molar-refractivity contribution in [2.45, 2.75) is 13.0 Å². The molecular weight excluding hydrogens is 334 g/mol. The summed E-state index contributed by atoms with van der Waals surface area (Å²) in [6.45, 7) is 3.61. The van der Waals surface area contributed by atoms with Gasteiger partial charge in [0.15, 0.2) is 5.75 Å². The lowest BCUT2D eigenvalue weighted by molar-refractivity contribution is -0.545. The van der Waals surface area contributed by atoms with Crippen LogP contribution in [0.1, 0.15) is 6.92 Å². The number of carbonyl (C=O) groups is 2. The number of anilines is 1. The smallest absolute Gasteiger partial charge is 0.397 e. The van der Waals surface area contributed by atoms with Crippen molar-refractivity contribution in [3.63, 3.8) is 0 Å². The Morgan fingerprint density at radius 2 is 1.92 bits per heavy atom. The van der Waals surface area contributed by atoms with Crippen LogP contribution in [-0.4, -0.2) is 78.4 Å². The molecule has 3 aliphatic heterocycles. The number of para-hydroxylation sites is 2. The molecule has 2 atom stereocenters. The molecule has 0 bridgehead atoms. The van der Waals surface area contributed by atoms with Gasteiger partial charge in [0.05, 0.1) is 20.2 Å². The summed E-state index contributed by atoms with van der Waals surface area (Å²) >= 11 is 0. The lowest BCUT2D eigenvalue weighted by Crippen LogP contribution is -2.62. The van der Waals surface area contributed by atoms with Crippen LogP contribution >= 0.6 is 0 Å². The number of carbonyl (C=O) groups excluding carboxylic acids is 2. The summed E-state index contributed by atoms with van der Waals surface area (Å²) in [5, 5.41) is 0. The molecule has 8 heteroatoms. The zero-order chi connectivity index (χ0) is 18.6. The van der Waals surface area contributed by atoms with Gasteiger partial charge >= 0.3 is 12.0 Å². The number of likely N-dealkylation sites (N-methyl/N-ethyl adjacent to an activating group) is 2. The molecule has 3 aliphatic rings. The van der Waals surface area contributed by atoms with E-state index in [1.165, 1.54) is 16.8 Å². The minimum absolute atomic E-state index is 0.240. The summed E-state index contributed by atoms with van der Waals surface area (Å²) < 4.78 is 7.51. The number of fused-ring (bicyclic) bond motifs is 2. The molecule has 3 heterocycles. The van der Waals surface area contributed by atoms with E-state index >= 15 is 0 Å². The molecule has 1 aromatic carbocycles. The molecule has 0 aromatic heterocycles. The fourth-order valence-corrected chi connectivity index (χ4v) is 3.83. The molecule has 1 aromatic rings. The second kappa shape index (κ2) is 5.82. The van der Waals surface area contributed by atoms with Gasteiger partial charge in [-0.1, -0.05) is 24.0 Å². The summed E-state index contributed by atoms with van der Waals surface area (Å²) in [6.07, 6.45) is 0. The van der Waals surface area contributed by atoms with Crippen molar-refractivity contribution >= 4 is 29.4 Å². The van der Waals surface area contributed by atoms with Crippen LogP contribution < -0.4 is 9.64 Å². The first-order valence-corrected chi connectivity index (χ1v) is 8.62. The lowest BCUT2D eigenvalue weighted by Gasteiger charge is -2.33. The maximum absolute atomic E-state index is 12.8. The molecule has 0 aliphatic carbocycles. The monoisotopic (exact) mass is 356 g/mol. The average Bonchev–Trinajstić information content (AvgIpc) is 3.03. The summed E-state index contributed by atoms with van der Waals surface area (Å²) in [5.74, 6) is 2.00. The Balaban J connectivity index is 1.84. The molecule has 4 rings (SSSR count). The van der Waals surface area contributed by atoms with E-state index < -0.39 is 6.04 Å². The minimum atomic E-state index is -0.558. The number of aliphatic imine (C=N–C) groups is 1. The lowest BCUT2D eigenvalue weighted by atomic mass is 10.1. The average molecular weight is 356 g/mol. The number of imide groups is 1. The highest BCUT2D eigenvalue weighted by Crippen LogP contribution is 2.33. The fourth-order valence-electron chi connectivity index (χ4n) is 3.83. The fraction of sp³-hybridized carbons (Fsp3) is 0.444. The number of methoxy groups -OCH3 is 1. The first-order valence-electron chi connectivity index (χ1n) is 8.62. The Morgan fingerprint density at radius 1 is 1.19 bits per heavy atom. The number of amides is 3. The molecule has 0 radical (unpaired) electrons. The van der Waals surface area contributed by atoms with Crippen LogP contribution in [0.5, 0.6) is 5.75 Å². The second-order valence-electron chi connectivity index (χ2n) is 6.95. The highest BCUT2D eigenvalue weighted by Gasteiger charge is 2.54. The molecule has 136 valence electrons. The summed E-state index contributed by atoms with van der Waals surface area (Å²) in [5.41, 5.74) is 0.902. The highest BCUT2D eigenvalue weighted by atomic mass is 16.5. The van der Waals surface area contributed by atoms with Gasteiger partial charge in [-0.3, -0.25) is 14.6 Å². The standard InChI is InChI=1S/C18H22N5O3/c1-11-9-22(12-7-5-6-8-13(12)26-4)17-19-15-14(23(17)10-11)16(24)21(3)18(25)20(15)2/h5-8,11,14H,9-10H2,1-4H3/q+1. The second-order valence-corrected chi connectivity index (χ2v) is 6.95. The van der Waals surface area contributed by atoms with Gasteiger partial charge in [0.1, 0.15) is 5.69 Å². The van der Waals surface area contributed by atoms with Gasteiger partial charge in [0.2, 0.25) is 11.9 Å². The number of rotatable bonds is 2. The van der Waals surface area contributed by atoms with Crippen LogP contribution in [0.3, 0.4) is 0 Å². The van der Waals surface area contributed by atoms with Crippen LogP contribution in [0.25, 0.3) is 0 Å². The summed E-state index contributed by atoms with van der Waals surface area (Å²) in [7, 11) is 4.81. The molecule has 8 nitrogen and oxygen atoms in total. The van der Waals surface area contributed by atoms with Crippen molar-refractivity contribution in [2.75, 3.05) is 39.2 Å². The van der Waals surface area contributed by atoms with Gasteiger partial charge in [-0.15, -0.1) is 0 Å². The van der Waals surface area contributed by atoms with Crippen LogP contribution in [-0.2, 0) is 4.79 Å². The number of guanidine groups is 1. The van der Waals surface area contributed by atoms with Gasteiger partial charge in [0, 0.05) is 20.0 Å². The van der Waals surface area contributed by atoms with Gasteiger partial charge in [-0.25, -0.2) is 14.3 Å². The van der Waals surface area contributed by atoms with Gasteiger partial charge < -0.3 is 4.74 Å². The van der Waals surface area contributed by atoms with Crippen molar-refractivity contribution in [1.82, 2.24) is 9.80 Å². The Hall–Kier alpha value is -2.90. The third kappa shape index (κ3) is 2.21. The van der Waals surface area contributed by atoms with Crippen molar-refractivity contribution in [2.24, 2.45) is 10.9 Å². The molecule has 0 spiro atoms. The van der Waals surface area contributed by atoms with Crippen LogP contribution in [0.15, 0.2) is 29.3 Å². The van der Waals surface area contributed by atoms with E-state index in [2.05, 4.69) is 11.8 Å². The van der Waals surface area contributed by atoms with E-state index in [0.29, 0.717) is 24.3 Å². The Morgan fingerprint density at radius 3 is 2.65 bits per heavy atom. The molecule has 26 heavy (non-hydrogen) atoms. The largest absolute Gasteiger partial charge is 0.493 e. The summed E-state index contributed by atoms with van der Waals surface area (Å²) in [4.78, 5) is 34.5. The molecule has 0 N–H and O–H groups in total. The van der Waals surface area contributed by atoms with Crippen LogP contribution in [0, 0.1) is 5.92 Å². The zero-order valence-electron chi connectivity index (χ0n) is 15.3. The molecule has 1 saturated heterocycles. The topological polar surface area (TPSA) is 68.5 Å². The van der Waals surface area contributed by atoms with E-state index in [9.17, 15) is 9.59 Å². The molecule has 2 unspecified atom stereocenters. The Labute approximate surface area is 152 Å². The van der Waals surface area contributed by atoms with Crippen molar-refractivity contribution < 1.29 is 18.9 Å². The number of ether oxygens (including phenoxy) is 1. The number of amidine groups is 1. The number of benzene rings is 1. The van der Waals surface area contributed by atoms with Crippen LogP contribution in [0.4, 0.5) is 10.5 Å². The van der Waals surface area contributed by atoms with Gasteiger partial charge in [-0.05, 0) is 12.1 Å². The minimum Gasteiger partial charge on any atom is -0.493 e. The van der Waals surface area contributed by atoms with E-state index in [0.717, 1.165) is 18.0 Å². The number of nitrogens with zero attached hydrogens (tertiary/aromatic N) is 5. The van der Waals surface area contributed by atoms with Gasteiger partial charge in [0.25, 0.3) is 5.91 Å². The van der Waals surface area contributed by atoms with Gasteiger partial charge in [-0.2, -0.15) is 0 Å². The molecule has 3 amide bonds. The van der Waals surface area contributed by atoms with Crippen LogP contribution in [0.2, 0.25) is 0 Å². The number of hydrogen-bond acceptors (Lipinski definition) is 5. The number of urea groups is 1.